The van der Waals surface area contributed by atoms with Crippen molar-refractivity contribution in [2.24, 2.45) is 11.3 Å². The second kappa shape index (κ2) is 11.1. The summed E-state index contributed by atoms with van der Waals surface area (Å²) >= 11 is 0. The number of carbonyl (C=O) groups excluding carboxylic acids is 1. The molecular formula is C15H30O5. The van der Waals surface area contributed by atoms with E-state index in [1.165, 1.54) is 12.8 Å². The molecule has 0 atom stereocenters. The highest BCUT2D eigenvalue weighted by Crippen LogP contribution is 2.16. The number of esters is 1. The summed E-state index contributed by atoms with van der Waals surface area (Å²) in [6, 6.07) is 0. The molecule has 0 aliphatic rings. The lowest BCUT2D eigenvalue weighted by Gasteiger charge is -2.26. The van der Waals surface area contributed by atoms with Crippen LogP contribution in [-0.2, 0) is 9.53 Å². The molecule has 0 aliphatic heterocycles. The Kier molecular flexibility index (Phi) is 10.7. The standard InChI is InChI=1S/C15H30O5/c1-13(2)7-5-3-4-6-8-14(19)20-12-15(9-16,10-17)11-18/h13,16-18H,3-12H2,1-2H3. The normalized spacial score (nSPS) is 11.9. The zero-order valence-electron chi connectivity index (χ0n) is 12.8. The van der Waals surface area contributed by atoms with Gasteiger partial charge in [0.15, 0.2) is 0 Å². The molecule has 0 spiro atoms. The summed E-state index contributed by atoms with van der Waals surface area (Å²) in [6.07, 6.45) is 5.68. The zero-order valence-corrected chi connectivity index (χ0v) is 12.8. The van der Waals surface area contributed by atoms with Crippen molar-refractivity contribution in [1.29, 1.82) is 0 Å². The average molecular weight is 290 g/mol. The molecule has 5 heteroatoms. The van der Waals surface area contributed by atoms with Crippen LogP contribution in [0.25, 0.3) is 0 Å². The summed E-state index contributed by atoms with van der Waals surface area (Å²) in [4.78, 5) is 11.5. The number of hydrogen-bond acceptors (Lipinski definition) is 5. The van der Waals surface area contributed by atoms with E-state index >= 15 is 0 Å². The number of aliphatic hydroxyl groups is 3. The Bertz CT molecular complexity index is 240. The van der Waals surface area contributed by atoms with Crippen molar-refractivity contribution in [1.82, 2.24) is 0 Å². The van der Waals surface area contributed by atoms with Gasteiger partial charge in [-0.05, 0) is 12.3 Å². The molecule has 0 saturated heterocycles. The highest BCUT2D eigenvalue weighted by Gasteiger charge is 2.29. The van der Waals surface area contributed by atoms with E-state index < -0.39 is 25.2 Å². The summed E-state index contributed by atoms with van der Waals surface area (Å²) in [7, 11) is 0. The van der Waals surface area contributed by atoms with Crippen LogP contribution in [0.2, 0.25) is 0 Å². The minimum atomic E-state index is -1.13. The lowest BCUT2D eigenvalue weighted by atomic mass is 9.93. The lowest BCUT2D eigenvalue weighted by Crippen LogP contribution is -2.39. The summed E-state index contributed by atoms with van der Waals surface area (Å²) < 4.78 is 5.01. The topological polar surface area (TPSA) is 87.0 Å². The Labute approximate surface area is 122 Å². The third kappa shape index (κ3) is 8.51. The molecule has 5 nitrogen and oxygen atoms in total. The molecule has 0 fully saturated rings. The number of ether oxygens (including phenoxy) is 1. The molecule has 0 bridgehead atoms. The van der Waals surface area contributed by atoms with E-state index in [0.717, 1.165) is 25.2 Å². The van der Waals surface area contributed by atoms with E-state index in [9.17, 15) is 4.79 Å². The van der Waals surface area contributed by atoms with Crippen LogP contribution >= 0.6 is 0 Å². The SMILES string of the molecule is CC(C)CCCCCCC(=O)OCC(CO)(CO)CO. The maximum Gasteiger partial charge on any atom is 0.305 e. The fourth-order valence-electron chi connectivity index (χ4n) is 1.77. The van der Waals surface area contributed by atoms with E-state index in [1.54, 1.807) is 0 Å². The number of hydrogen-bond donors (Lipinski definition) is 3. The summed E-state index contributed by atoms with van der Waals surface area (Å²) in [5.74, 6) is 0.386. The van der Waals surface area contributed by atoms with Crippen molar-refractivity contribution in [3.63, 3.8) is 0 Å². The molecule has 0 saturated carbocycles. The van der Waals surface area contributed by atoms with Crippen molar-refractivity contribution >= 4 is 5.97 Å². The Hall–Kier alpha value is -0.650. The Morgan fingerprint density at radius 3 is 2.05 bits per heavy atom. The predicted octanol–water partition coefficient (Wildman–Crippen LogP) is 1.49. The van der Waals surface area contributed by atoms with Gasteiger partial charge in [0.2, 0.25) is 0 Å². The molecule has 0 heterocycles. The van der Waals surface area contributed by atoms with Gasteiger partial charge in [-0.25, -0.2) is 0 Å². The van der Waals surface area contributed by atoms with Gasteiger partial charge >= 0.3 is 5.97 Å². The molecule has 0 rings (SSSR count). The largest absolute Gasteiger partial charge is 0.465 e. The van der Waals surface area contributed by atoms with Crippen LogP contribution < -0.4 is 0 Å². The quantitative estimate of drug-likeness (QED) is 0.374. The maximum absolute atomic E-state index is 11.5. The second-order valence-corrected chi connectivity index (χ2v) is 5.98. The first-order valence-electron chi connectivity index (χ1n) is 7.48. The fraction of sp³-hybridized carbons (Fsp3) is 0.933. The molecule has 120 valence electrons. The van der Waals surface area contributed by atoms with Crippen molar-refractivity contribution in [2.75, 3.05) is 26.4 Å². The van der Waals surface area contributed by atoms with Crippen molar-refractivity contribution < 1.29 is 24.9 Å². The monoisotopic (exact) mass is 290 g/mol. The van der Waals surface area contributed by atoms with Crippen LogP contribution in [0, 0.1) is 11.3 Å². The van der Waals surface area contributed by atoms with Crippen LogP contribution in [0.15, 0.2) is 0 Å². The summed E-state index contributed by atoms with van der Waals surface area (Å²) in [5.41, 5.74) is -1.13. The fourth-order valence-corrected chi connectivity index (χ4v) is 1.77. The molecule has 3 N–H and O–H groups in total. The number of aliphatic hydroxyl groups excluding tert-OH is 3. The molecule has 0 amide bonds. The van der Waals surface area contributed by atoms with Gasteiger partial charge in [0.1, 0.15) is 6.61 Å². The summed E-state index contributed by atoms with van der Waals surface area (Å²) in [6.45, 7) is 3.01. The van der Waals surface area contributed by atoms with E-state index in [1.807, 2.05) is 0 Å². The molecular weight excluding hydrogens is 260 g/mol. The van der Waals surface area contributed by atoms with Gasteiger partial charge in [-0.3, -0.25) is 4.79 Å². The van der Waals surface area contributed by atoms with Crippen molar-refractivity contribution in [2.45, 2.75) is 52.4 Å². The highest BCUT2D eigenvalue weighted by atomic mass is 16.5. The Morgan fingerprint density at radius 2 is 1.55 bits per heavy atom. The molecule has 0 unspecified atom stereocenters. The first-order chi connectivity index (χ1) is 9.49. The molecule has 0 aromatic heterocycles. The molecule has 0 aromatic carbocycles. The van der Waals surface area contributed by atoms with Gasteiger partial charge in [-0.15, -0.1) is 0 Å². The third-order valence-corrected chi connectivity index (χ3v) is 3.46. The zero-order chi connectivity index (χ0) is 15.4. The molecule has 0 aliphatic carbocycles. The van der Waals surface area contributed by atoms with Crippen molar-refractivity contribution in [3.05, 3.63) is 0 Å². The first kappa shape index (κ1) is 19.4. The number of unbranched alkanes of at least 4 members (excludes halogenated alkanes) is 3. The number of rotatable bonds is 12. The van der Waals surface area contributed by atoms with E-state index in [-0.39, 0.29) is 12.6 Å². The van der Waals surface area contributed by atoms with Crippen LogP contribution in [0.5, 0.6) is 0 Å². The van der Waals surface area contributed by atoms with E-state index in [2.05, 4.69) is 13.8 Å². The highest BCUT2D eigenvalue weighted by molar-refractivity contribution is 5.69. The minimum Gasteiger partial charge on any atom is -0.465 e. The molecule has 0 radical (unpaired) electrons. The lowest BCUT2D eigenvalue weighted by molar-refractivity contribution is -0.151. The minimum absolute atomic E-state index is 0.150. The molecule has 0 aromatic rings. The molecule has 20 heavy (non-hydrogen) atoms. The number of carbonyl (C=O) groups is 1. The van der Waals surface area contributed by atoms with Gasteiger partial charge in [-0.2, -0.15) is 0 Å². The van der Waals surface area contributed by atoms with E-state index in [0.29, 0.717) is 6.42 Å². The average Bonchev–Trinajstić information content (AvgIpc) is 2.44. The van der Waals surface area contributed by atoms with Gasteiger partial charge in [0.05, 0.1) is 25.2 Å². The Morgan fingerprint density at radius 1 is 1.00 bits per heavy atom. The second-order valence-electron chi connectivity index (χ2n) is 5.98. The summed E-state index contributed by atoms with van der Waals surface area (Å²) in [5, 5.41) is 27.3. The van der Waals surface area contributed by atoms with Crippen molar-refractivity contribution in [3.8, 4) is 0 Å². The first-order valence-corrected chi connectivity index (χ1v) is 7.48. The third-order valence-electron chi connectivity index (χ3n) is 3.46. The van der Waals surface area contributed by atoms with E-state index in [4.69, 9.17) is 20.1 Å². The van der Waals surface area contributed by atoms with Crippen LogP contribution in [0.3, 0.4) is 0 Å². The van der Waals surface area contributed by atoms with Gasteiger partial charge < -0.3 is 20.1 Å². The van der Waals surface area contributed by atoms with Crippen LogP contribution in [-0.4, -0.2) is 47.7 Å². The van der Waals surface area contributed by atoms with Gasteiger partial charge in [-0.1, -0.05) is 39.5 Å². The smallest absolute Gasteiger partial charge is 0.305 e. The predicted molar refractivity (Wildman–Crippen MR) is 77.2 cm³/mol. The van der Waals surface area contributed by atoms with Crippen LogP contribution in [0.1, 0.15) is 52.4 Å². The maximum atomic E-state index is 11.5. The van der Waals surface area contributed by atoms with Gasteiger partial charge in [0, 0.05) is 6.42 Å². The van der Waals surface area contributed by atoms with Gasteiger partial charge in [0.25, 0.3) is 0 Å². The Balaban J connectivity index is 3.68. The van der Waals surface area contributed by atoms with Crippen LogP contribution in [0.4, 0.5) is 0 Å².